The molecule has 2 rings (SSSR count). The van der Waals surface area contributed by atoms with Crippen molar-refractivity contribution in [1.82, 2.24) is 15.6 Å². The quantitative estimate of drug-likeness (QED) is 0.668. The van der Waals surface area contributed by atoms with Crippen molar-refractivity contribution in [2.24, 2.45) is 0 Å². The fourth-order valence-electron chi connectivity index (χ4n) is 1.70. The molecule has 2 amide bonds. The monoisotopic (exact) mass is 275 g/mol. The number of carbonyl (C=O) groups is 2. The Kier molecular flexibility index (Phi) is 5.00. The van der Waals surface area contributed by atoms with Gasteiger partial charge in [0.15, 0.2) is 5.76 Å². The van der Waals surface area contributed by atoms with Crippen LogP contribution in [-0.2, 0) is 11.3 Å². The highest BCUT2D eigenvalue weighted by atomic mass is 16.3. The van der Waals surface area contributed by atoms with Crippen LogP contribution in [-0.4, -0.2) is 23.3 Å². The van der Waals surface area contributed by atoms with E-state index in [4.69, 9.17) is 4.42 Å². The number of hydrogen-bond acceptors (Lipinski definition) is 3. The van der Waals surface area contributed by atoms with E-state index in [9.17, 15) is 9.59 Å². The van der Waals surface area contributed by atoms with Gasteiger partial charge in [-0.25, -0.2) is 0 Å². The van der Waals surface area contributed by atoms with E-state index in [0.29, 0.717) is 25.9 Å². The molecule has 2 aromatic heterocycles. The van der Waals surface area contributed by atoms with Crippen LogP contribution in [0.4, 0.5) is 0 Å². The molecule has 2 aromatic rings. The molecule has 6 heteroatoms. The van der Waals surface area contributed by atoms with E-state index >= 15 is 0 Å². The van der Waals surface area contributed by atoms with E-state index in [2.05, 4.69) is 15.6 Å². The van der Waals surface area contributed by atoms with E-state index in [0.717, 1.165) is 5.56 Å². The minimum Gasteiger partial charge on any atom is -0.459 e. The summed E-state index contributed by atoms with van der Waals surface area (Å²) in [4.78, 5) is 26.0. The van der Waals surface area contributed by atoms with Gasteiger partial charge in [0.05, 0.1) is 6.26 Å². The van der Waals surface area contributed by atoms with Gasteiger partial charge in [-0.3, -0.25) is 9.59 Å². The first-order valence-electron chi connectivity index (χ1n) is 6.46. The van der Waals surface area contributed by atoms with Gasteiger partial charge in [-0.05, 0) is 30.2 Å². The van der Waals surface area contributed by atoms with Crippen molar-refractivity contribution in [1.29, 1.82) is 0 Å². The van der Waals surface area contributed by atoms with Crippen LogP contribution in [0.3, 0.4) is 0 Å². The first-order chi connectivity index (χ1) is 9.75. The van der Waals surface area contributed by atoms with Gasteiger partial charge >= 0.3 is 0 Å². The molecule has 0 aliphatic heterocycles. The molecule has 0 aliphatic rings. The van der Waals surface area contributed by atoms with Crippen LogP contribution in [0.15, 0.2) is 41.3 Å². The second-order valence-corrected chi connectivity index (χ2v) is 4.33. The van der Waals surface area contributed by atoms with Crippen molar-refractivity contribution in [2.75, 3.05) is 6.54 Å². The molecule has 0 fully saturated rings. The maximum absolute atomic E-state index is 11.6. The Morgan fingerprint density at radius 2 is 2.15 bits per heavy atom. The van der Waals surface area contributed by atoms with Gasteiger partial charge < -0.3 is 20.0 Å². The molecule has 0 aliphatic carbocycles. The van der Waals surface area contributed by atoms with Crippen molar-refractivity contribution in [3.8, 4) is 0 Å². The molecule has 0 unspecified atom stereocenters. The summed E-state index contributed by atoms with van der Waals surface area (Å²) >= 11 is 0. The molecule has 0 bridgehead atoms. The Balaban J connectivity index is 1.56. The van der Waals surface area contributed by atoms with Crippen LogP contribution in [0.1, 0.15) is 29.0 Å². The van der Waals surface area contributed by atoms with Gasteiger partial charge in [-0.2, -0.15) is 0 Å². The zero-order chi connectivity index (χ0) is 14.2. The lowest BCUT2D eigenvalue weighted by Crippen LogP contribution is -2.27. The summed E-state index contributed by atoms with van der Waals surface area (Å²) in [6.07, 6.45) is 6.06. The molecule has 0 aromatic carbocycles. The molecule has 0 radical (unpaired) electrons. The average molecular weight is 275 g/mol. The molecule has 0 spiro atoms. The fourth-order valence-corrected chi connectivity index (χ4v) is 1.70. The zero-order valence-corrected chi connectivity index (χ0v) is 11.0. The second kappa shape index (κ2) is 7.18. The Labute approximate surface area is 116 Å². The number of aromatic nitrogens is 1. The third kappa shape index (κ3) is 4.31. The van der Waals surface area contributed by atoms with E-state index in [1.54, 1.807) is 12.1 Å². The molecular weight excluding hydrogens is 258 g/mol. The molecule has 3 N–H and O–H groups in total. The van der Waals surface area contributed by atoms with Gasteiger partial charge in [0.1, 0.15) is 0 Å². The van der Waals surface area contributed by atoms with Gasteiger partial charge in [0.2, 0.25) is 5.91 Å². The molecule has 0 saturated heterocycles. The third-order valence-electron chi connectivity index (χ3n) is 2.76. The normalized spacial score (nSPS) is 10.2. The van der Waals surface area contributed by atoms with Crippen LogP contribution >= 0.6 is 0 Å². The molecule has 6 nitrogen and oxygen atoms in total. The maximum Gasteiger partial charge on any atom is 0.286 e. The Hall–Kier alpha value is -2.50. The highest BCUT2D eigenvalue weighted by molar-refractivity contribution is 5.91. The van der Waals surface area contributed by atoms with Crippen molar-refractivity contribution in [3.05, 3.63) is 48.2 Å². The average Bonchev–Trinajstić information content (AvgIpc) is 3.13. The number of carbonyl (C=O) groups excluding carboxylic acids is 2. The summed E-state index contributed by atoms with van der Waals surface area (Å²) in [6, 6.07) is 5.16. The van der Waals surface area contributed by atoms with E-state index in [-0.39, 0.29) is 17.6 Å². The Morgan fingerprint density at radius 3 is 2.85 bits per heavy atom. The number of hydrogen-bond donors (Lipinski definition) is 3. The summed E-state index contributed by atoms with van der Waals surface area (Å²) < 4.78 is 4.96. The van der Waals surface area contributed by atoms with Crippen LogP contribution < -0.4 is 10.6 Å². The predicted octanol–water partition coefficient (Wildman–Crippen LogP) is 1.43. The molecular formula is C14H17N3O3. The second-order valence-electron chi connectivity index (χ2n) is 4.33. The summed E-state index contributed by atoms with van der Waals surface area (Å²) in [5.41, 5.74) is 1.03. The number of H-pyrrole nitrogens is 1. The first kappa shape index (κ1) is 13.9. The zero-order valence-electron chi connectivity index (χ0n) is 11.0. The minimum atomic E-state index is -0.261. The lowest BCUT2D eigenvalue weighted by Gasteiger charge is -2.05. The summed E-state index contributed by atoms with van der Waals surface area (Å²) in [6.45, 7) is 0.957. The minimum absolute atomic E-state index is 0.0292. The highest BCUT2D eigenvalue weighted by Gasteiger charge is 2.07. The van der Waals surface area contributed by atoms with Gasteiger partial charge in [-0.1, -0.05) is 0 Å². The van der Waals surface area contributed by atoms with E-state index in [1.807, 2.05) is 18.5 Å². The molecule has 20 heavy (non-hydrogen) atoms. The lowest BCUT2D eigenvalue weighted by molar-refractivity contribution is -0.121. The van der Waals surface area contributed by atoms with Crippen molar-refractivity contribution in [3.63, 3.8) is 0 Å². The largest absolute Gasteiger partial charge is 0.459 e. The predicted molar refractivity (Wildman–Crippen MR) is 72.9 cm³/mol. The summed E-state index contributed by atoms with van der Waals surface area (Å²) in [7, 11) is 0. The first-order valence-corrected chi connectivity index (χ1v) is 6.46. The van der Waals surface area contributed by atoms with Gasteiger partial charge in [0.25, 0.3) is 5.91 Å². The molecule has 106 valence electrons. The Bertz CT molecular complexity index is 532. The summed E-state index contributed by atoms with van der Waals surface area (Å²) in [5, 5.41) is 5.50. The standard InChI is InChI=1S/C14H17N3O3/c18-13(17-10-11-5-7-15-9-11)4-1-6-16-14(19)12-3-2-8-20-12/h2-3,5,7-9,15H,1,4,6,10H2,(H,16,19)(H,17,18). The van der Waals surface area contributed by atoms with Crippen LogP contribution in [0, 0.1) is 0 Å². The molecule has 0 atom stereocenters. The maximum atomic E-state index is 11.6. The van der Waals surface area contributed by atoms with Crippen LogP contribution in [0.5, 0.6) is 0 Å². The highest BCUT2D eigenvalue weighted by Crippen LogP contribution is 1.99. The van der Waals surface area contributed by atoms with Gasteiger partial charge in [-0.15, -0.1) is 0 Å². The van der Waals surface area contributed by atoms with Crippen molar-refractivity contribution < 1.29 is 14.0 Å². The smallest absolute Gasteiger partial charge is 0.286 e. The fraction of sp³-hybridized carbons (Fsp3) is 0.286. The van der Waals surface area contributed by atoms with Crippen molar-refractivity contribution in [2.45, 2.75) is 19.4 Å². The number of aromatic amines is 1. The number of amides is 2. The third-order valence-corrected chi connectivity index (χ3v) is 2.76. The Morgan fingerprint density at radius 1 is 1.25 bits per heavy atom. The SMILES string of the molecule is O=C(CCCNC(=O)c1ccco1)NCc1cc[nH]c1. The van der Waals surface area contributed by atoms with Crippen molar-refractivity contribution >= 4 is 11.8 Å². The van der Waals surface area contributed by atoms with Gasteiger partial charge in [0, 0.05) is 31.9 Å². The van der Waals surface area contributed by atoms with E-state index < -0.39 is 0 Å². The van der Waals surface area contributed by atoms with E-state index in [1.165, 1.54) is 6.26 Å². The summed E-state index contributed by atoms with van der Waals surface area (Å²) in [5.74, 6) is -0.0110. The topological polar surface area (TPSA) is 87.1 Å². The number of rotatable bonds is 7. The van der Waals surface area contributed by atoms with Crippen LogP contribution in [0.25, 0.3) is 0 Å². The number of nitrogens with one attached hydrogen (secondary N) is 3. The number of furan rings is 1. The molecule has 2 heterocycles. The molecule has 0 saturated carbocycles. The lowest BCUT2D eigenvalue weighted by atomic mass is 10.2. The van der Waals surface area contributed by atoms with Crippen LogP contribution in [0.2, 0.25) is 0 Å².